The van der Waals surface area contributed by atoms with Gasteiger partial charge in [-0.1, -0.05) is 50.6 Å². The van der Waals surface area contributed by atoms with Crippen LogP contribution in [0.1, 0.15) is 60.5 Å². The molecule has 104 valence electrons. The molecule has 0 saturated carbocycles. The Bertz CT molecular complexity index is 310. The quantitative estimate of drug-likeness (QED) is 0.551. The number of hydrogen-bond acceptors (Lipinski definition) is 2. The predicted molar refractivity (Wildman–Crippen MR) is 77.4 cm³/mol. The molecule has 0 saturated heterocycles. The molecule has 0 atom stereocenters. The van der Waals surface area contributed by atoms with E-state index in [4.69, 9.17) is 9.78 Å². The number of hydrogen-bond donors (Lipinski definition) is 0. The van der Waals surface area contributed by atoms with Gasteiger partial charge in [-0.2, -0.15) is 0 Å². The van der Waals surface area contributed by atoms with Crippen molar-refractivity contribution in [2.45, 2.75) is 66.1 Å². The second-order valence-corrected chi connectivity index (χ2v) is 5.86. The molecule has 0 bridgehead atoms. The molecule has 0 spiro atoms. The van der Waals surface area contributed by atoms with Crippen LogP contribution in [0.5, 0.6) is 0 Å². The van der Waals surface area contributed by atoms with Gasteiger partial charge in [-0.05, 0) is 40.2 Å². The summed E-state index contributed by atoms with van der Waals surface area (Å²) >= 11 is 0. The second kappa shape index (κ2) is 7.55. The molecule has 0 aliphatic rings. The topological polar surface area (TPSA) is 18.5 Å². The highest BCUT2D eigenvalue weighted by molar-refractivity contribution is 5.20. The monoisotopic (exact) mass is 252 g/mol. The molecular formula is C16H28O2. The SMILES string of the molecule is CC(C)(C)OOC(C)(C)c1ccccc1.CCC. The van der Waals surface area contributed by atoms with Crippen LogP contribution < -0.4 is 0 Å². The summed E-state index contributed by atoms with van der Waals surface area (Å²) < 4.78 is 0. The number of rotatable bonds is 3. The zero-order chi connectivity index (χ0) is 14.2. The van der Waals surface area contributed by atoms with E-state index in [0.29, 0.717) is 0 Å². The van der Waals surface area contributed by atoms with Crippen LogP contribution in [0.3, 0.4) is 0 Å². The maximum Gasteiger partial charge on any atom is 0.123 e. The van der Waals surface area contributed by atoms with Gasteiger partial charge in [0.2, 0.25) is 0 Å². The molecular weight excluding hydrogens is 224 g/mol. The van der Waals surface area contributed by atoms with Crippen molar-refractivity contribution in [3.8, 4) is 0 Å². The van der Waals surface area contributed by atoms with Crippen LogP contribution >= 0.6 is 0 Å². The predicted octanol–water partition coefficient (Wildman–Crippen LogP) is 5.08. The Morgan fingerprint density at radius 1 is 0.833 bits per heavy atom. The molecule has 0 amide bonds. The molecule has 0 unspecified atom stereocenters. The minimum Gasteiger partial charge on any atom is -0.230 e. The summed E-state index contributed by atoms with van der Waals surface area (Å²) in [7, 11) is 0. The largest absolute Gasteiger partial charge is 0.230 e. The molecule has 0 N–H and O–H groups in total. The summed E-state index contributed by atoms with van der Waals surface area (Å²) in [6, 6.07) is 10.1. The van der Waals surface area contributed by atoms with Crippen molar-refractivity contribution >= 4 is 0 Å². The lowest BCUT2D eigenvalue weighted by Crippen LogP contribution is -2.28. The van der Waals surface area contributed by atoms with Crippen molar-refractivity contribution in [1.82, 2.24) is 0 Å². The van der Waals surface area contributed by atoms with Crippen molar-refractivity contribution in [1.29, 1.82) is 0 Å². The lowest BCUT2D eigenvalue weighted by atomic mass is 9.99. The van der Waals surface area contributed by atoms with E-state index >= 15 is 0 Å². The average Bonchev–Trinajstić information content (AvgIpc) is 2.28. The van der Waals surface area contributed by atoms with E-state index in [0.717, 1.165) is 5.56 Å². The van der Waals surface area contributed by atoms with Gasteiger partial charge < -0.3 is 0 Å². The molecule has 0 radical (unpaired) electrons. The molecule has 0 aliphatic carbocycles. The summed E-state index contributed by atoms with van der Waals surface area (Å²) in [5.41, 5.74) is 0.398. The number of benzene rings is 1. The molecule has 2 heteroatoms. The molecule has 2 nitrogen and oxygen atoms in total. The first-order valence-electron chi connectivity index (χ1n) is 6.65. The van der Waals surface area contributed by atoms with Crippen LogP contribution in [0.25, 0.3) is 0 Å². The van der Waals surface area contributed by atoms with Gasteiger partial charge in [0, 0.05) is 0 Å². The third-order valence-electron chi connectivity index (χ3n) is 1.97. The van der Waals surface area contributed by atoms with Gasteiger partial charge in [0.15, 0.2) is 0 Å². The average molecular weight is 252 g/mol. The summed E-state index contributed by atoms with van der Waals surface area (Å²) in [5.74, 6) is 0. The third kappa shape index (κ3) is 7.46. The fraction of sp³-hybridized carbons (Fsp3) is 0.625. The highest BCUT2D eigenvalue weighted by Gasteiger charge is 2.25. The summed E-state index contributed by atoms with van der Waals surface area (Å²) in [6.45, 7) is 14.1. The Kier molecular flexibility index (Phi) is 7.19. The second-order valence-electron chi connectivity index (χ2n) is 5.86. The molecule has 1 aromatic carbocycles. The normalized spacial score (nSPS) is 11.7. The van der Waals surface area contributed by atoms with Crippen molar-refractivity contribution in [2.24, 2.45) is 0 Å². The minimum atomic E-state index is -0.422. The molecule has 0 aromatic heterocycles. The van der Waals surface area contributed by atoms with E-state index in [-0.39, 0.29) is 5.60 Å². The Labute approximate surface area is 112 Å². The maximum atomic E-state index is 5.48. The van der Waals surface area contributed by atoms with Crippen LogP contribution in [-0.4, -0.2) is 5.60 Å². The van der Waals surface area contributed by atoms with Gasteiger partial charge >= 0.3 is 0 Å². The Balaban J connectivity index is 0.000000873. The van der Waals surface area contributed by atoms with Gasteiger partial charge in [0.1, 0.15) is 5.60 Å². The van der Waals surface area contributed by atoms with E-state index in [1.165, 1.54) is 6.42 Å². The van der Waals surface area contributed by atoms with Crippen LogP contribution in [0.2, 0.25) is 0 Å². The highest BCUT2D eigenvalue weighted by atomic mass is 17.2. The van der Waals surface area contributed by atoms with E-state index in [9.17, 15) is 0 Å². The fourth-order valence-electron chi connectivity index (χ4n) is 1.12. The van der Waals surface area contributed by atoms with E-state index in [1.807, 2.05) is 65.0 Å². The third-order valence-corrected chi connectivity index (χ3v) is 1.97. The zero-order valence-corrected chi connectivity index (χ0v) is 12.9. The van der Waals surface area contributed by atoms with Crippen LogP contribution in [0, 0.1) is 0 Å². The molecule has 18 heavy (non-hydrogen) atoms. The van der Waals surface area contributed by atoms with Gasteiger partial charge in [0.25, 0.3) is 0 Å². The maximum absolute atomic E-state index is 5.48. The first-order chi connectivity index (χ1) is 8.23. The smallest absolute Gasteiger partial charge is 0.123 e. The Morgan fingerprint density at radius 2 is 1.28 bits per heavy atom. The molecule has 0 aliphatic heterocycles. The summed E-state index contributed by atoms with van der Waals surface area (Å²) in [5, 5.41) is 0. The lowest BCUT2D eigenvalue weighted by Gasteiger charge is -2.28. The van der Waals surface area contributed by atoms with E-state index in [2.05, 4.69) is 13.8 Å². The Morgan fingerprint density at radius 3 is 1.67 bits per heavy atom. The minimum absolute atomic E-state index is 0.286. The molecule has 1 rings (SSSR count). The standard InChI is InChI=1S/C13H20O2.C3H8/c1-12(2,3)14-15-13(4,5)11-9-7-6-8-10-11;1-3-2/h6-10H,1-5H3;3H2,1-2H3. The molecule has 1 aromatic rings. The van der Waals surface area contributed by atoms with E-state index in [1.54, 1.807) is 0 Å². The van der Waals surface area contributed by atoms with Crippen molar-refractivity contribution in [2.75, 3.05) is 0 Å². The van der Waals surface area contributed by atoms with Gasteiger partial charge in [-0.15, -0.1) is 0 Å². The zero-order valence-electron chi connectivity index (χ0n) is 12.9. The van der Waals surface area contributed by atoms with Crippen molar-refractivity contribution in [3.05, 3.63) is 35.9 Å². The summed E-state index contributed by atoms with van der Waals surface area (Å²) in [6.07, 6.45) is 1.25. The van der Waals surface area contributed by atoms with Gasteiger partial charge in [-0.3, -0.25) is 0 Å². The lowest BCUT2D eigenvalue weighted by molar-refractivity contribution is -0.401. The van der Waals surface area contributed by atoms with Gasteiger partial charge in [-0.25, -0.2) is 9.78 Å². The first kappa shape index (κ1) is 17.1. The van der Waals surface area contributed by atoms with Crippen molar-refractivity contribution in [3.63, 3.8) is 0 Å². The van der Waals surface area contributed by atoms with E-state index < -0.39 is 5.60 Å². The summed E-state index contributed by atoms with van der Waals surface area (Å²) in [4.78, 5) is 10.8. The van der Waals surface area contributed by atoms with Gasteiger partial charge in [0.05, 0.1) is 5.60 Å². The van der Waals surface area contributed by atoms with Crippen LogP contribution in [0.15, 0.2) is 30.3 Å². The molecule has 0 heterocycles. The Hall–Kier alpha value is -0.860. The van der Waals surface area contributed by atoms with Crippen LogP contribution in [-0.2, 0) is 15.4 Å². The fourth-order valence-corrected chi connectivity index (χ4v) is 1.12. The molecule has 0 fully saturated rings. The highest BCUT2D eigenvalue weighted by Crippen LogP contribution is 2.26. The van der Waals surface area contributed by atoms with Crippen molar-refractivity contribution < 1.29 is 9.78 Å². The van der Waals surface area contributed by atoms with Crippen LogP contribution in [0.4, 0.5) is 0 Å². The first-order valence-corrected chi connectivity index (χ1v) is 6.65.